The van der Waals surface area contributed by atoms with Gasteiger partial charge in [0.1, 0.15) is 18.1 Å². The average Bonchev–Trinajstić information content (AvgIpc) is 3.41. The van der Waals surface area contributed by atoms with Crippen LogP contribution in [0.4, 0.5) is 0 Å². The number of thioether (sulfide) groups is 1. The first-order valence-electron chi connectivity index (χ1n) is 14.4. The summed E-state index contributed by atoms with van der Waals surface area (Å²) < 4.78 is 0. The molecule has 4 atom stereocenters. The van der Waals surface area contributed by atoms with Gasteiger partial charge in [0.15, 0.2) is 0 Å². The third-order valence-corrected chi connectivity index (χ3v) is 7.82. The Balaban J connectivity index is 1.80. The predicted octanol–water partition coefficient (Wildman–Crippen LogP) is 1.70. The lowest BCUT2D eigenvalue weighted by molar-refractivity contribution is -0.142. The molecule has 0 spiro atoms. The van der Waals surface area contributed by atoms with Gasteiger partial charge in [-0.05, 0) is 67.9 Å². The highest BCUT2D eigenvalue weighted by Gasteiger charge is 2.30. The van der Waals surface area contributed by atoms with Crippen LogP contribution >= 0.6 is 11.8 Å². The van der Waals surface area contributed by atoms with Gasteiger partial charge in [0.25, 0.3) is 0 Å². The largest absolute Gasteiger partial charge is 0.480 e. The van der Waals surface area contributed by atoms with Gasteiger partial charge >= 0.3 is 5.97 Å². The highest BCUT2D eigenvalue weighted by Crippen LogP contribution is 2.19. The number of carbonyl (C=O) groups excluding carboxylic acids is 3. The highest BCUT2D eigenvalue weighted by atomic mass is 32.2. The number of rotatable bonds is 18. The summed E-state index contributed by atoms with van der Waals surface area (Å²) in [7, 11) is 0. The zero-order valence-electron chi connectivity index (χ0n) is 24.4. The number of para-hydroxylation sites is 1. The molecule has 3 aromatic rings. The van der Waals surface area contributed by atoms with Crippen LogP contribution in [0.3, 0.4) is 0 Å². The Morgan fingerprint density at radius 1 is 0.837 bits per heavy atom. The molecule has 0 aliphatic carbocycles. The number of amides is 3. The molecule has 232 valence electrons. The van der Waals surface area contributed by atoms with E-state index < -0.39 is 47.9 Å². The van der Waals surface area contributed by atoms with Crippen molar-refractivity contribution in [1.82, 2.24) is 20.9 Å². The lowest BCUT2D eigenvalue weighted by atomic mass is 10.0. The molecule has 1 aromatic heterocycles. The van der Waals surface area contributed by atoms with Gasteiger partial charge in [-0.15, -0.1) is 0 Å². The lowest BCUT2D eigenvalue weighted by Gasteiger charge is -2.25. The van der Waals surface area contributed by atoms with Gasteiger partial charge in [0.2, 0.25) is 17.7 Å². The van der Waals surface area contributed by atoms with E-state index in [1.54, 1.807) is 6.20 Å². The third-order valence-electron chi connectivity index (χ3n) is 7.17. The van der Waals surface area contributed by atoms with Crippen molar-refractivity contribution in [3.8, 4) is 0 Å². The van der Waals surface area contributed by atoms with Gasteiger partial charge < -0.3 is 37.5 Å². The quantitative estimate of drug-likeness (QED) is 0.106. The first kappa shape index (κ1) is 33.6. The smallest absolute Gasteiger partial charge is 0.326 e. The Labute approximate surface area is 255 Å². The van der Waals surface area contributed by atoms with Crippen molar-refractivity contribution < 1.29 is 24.3 Å². The fourth-order valence-electron chi connectivity index (χ4n) is 4.77. The molecular weight excluding hydrogens is 568 g/mol. The van der Waals surface area contributed by atoms with Crippen molar-refractivity contribution in [2.24, 2.45) is 11.5 Å². The Bertz CT molecular complexity index is 1350. The minimum atomic E-state index is -1.16. The van der Waals surface area contributed by atoms with Gasteiger partial charge in [-0.3, -0.25) is 14.4 Å². The topological polar surface area (TPSA) is 192 Å². The number of unbranched alkanes of at least 4 members (excludes halogenated alkanes) is 1. The summed E-state index contributed by atoms with van der Waals surface area (Å²) in [5.74, 6) is -2.27. The molecule has 9 N–H and O–H groups in total. The van der Waals surface area contributed by atoms with E-state index in [4.69, 9.17) is 11.5 Å². The van der Waals surface area contributed by atoms with Crippen LogP contribution in [0, 0.1) is 0 Å². The molecular formula is C31H42N6O5S. The van der Waals surface area contributed by atoms with Gasteiger partial charge in [-0.2, -0.15) is 11.8 Å². The second kappa shape index (κ2) is 17.3. The maximum Gasteiger partial charge on any atom is 0.326 e. The van der Waals surface area contributed by atoms with Crippen LogP contribution in [0.15, 0.2) is 60.8 Å². The Hall–Kier alpha value is -3.87. The van der Waals surface area contributed by atoms with E-state index in [1.807, 2.05) is 60.9 Å². The molecule has 2 aromatic carbocycles. The third kappa shape index (κ3) is 10.4. The maximum absolute atomic E-state index is 13.7. The standard InChI is InChI=1S/C31H42N6O5S/c1-43-16-14-25(29(39)36-26(31(41)42)13-7-8-15-32)35-30(40)27(18-21-19-34-24-12-6-5-11-22(21)24)37-28(38)23(33)17-20-9-3-2-4-10-20/h2-6,9-12,19,23,25-27,34H,7-8,13-18,32-33H2,1H3,(H,35,40)(H,36,39)(H,37,38)(H,41,42). The number of aromatic nitrogens is 1. The molecule has 4 unspecified atom stereocenters. The number of hydrogen-bond acceptors (Lipinski definition) is 7. The normalized spacial score (nSPS) is 13.9. The molecule has 12 heteroatoms. The number of nitrogens with two attached hydrogens (primary N) is 2. The molecule has 0 radical (unpaired) electrons. The van der Waals surface area contributed by atoms with Crippen molar-refractivity contribution in [2.75, 3.05) is 18.6 Å². The number of carbonyl (C=O) groups is 4. The van der Waals surface area contributed by atoms with Crippen molar-refractivity contribution in [3.05, 3.63) is 71.9 Å². The maximum atomic E-state index is 13.7. The number of aliphatic carboxylic acids is 1. The second-order valence-corrected chi connectivity index (χ2v) is 11.4. The Kier molecular flexibility index (Phi) is 13.5. The summed E-state index contributed by atoms with van der Waals surface area (Å²) in [6.07, 6.45) is 5.76. The highest BCUT2D eigenvalue weighted by molar-refractivity contribution is 7.98. The molecule has 11 nitrogen and oxygen atoms in total. The number of carboxylic acids is 1. The summed E-state index contributed by atoms with van der Waals surface area (Å²) in [4.78, 5) is 55.2. The number of nitrogens with one attached hydrogen (secondary N) is 4. The molecule has 0 aliphatic heterocycles. The molecule has 43 heavy (non-hydrogen) atoms. The van der Waals surface area contributed by atoms with Gasteiger partial charge in [-0.1, -0.05) is 48.5 Å². The predicted molar refractivity (Wildman–Crippen MR) is 169 cm³/mol. The molecule has 1 heterocycles. The minimum absolute atomic E-state index is 0.146. The second-order valence-electron chi connectivity index (χ2n) is 10.4. The van der Waals surface area contributed by atoms with E-state index in [1.165, 1.54) is 11.8 Å². The van der Waals surface area contributed by atoms with E-state index in [-0.39, 0.29) is 25.7 Å². The average molecular weight is 611 g/mol. The fourth-order valence-corrected chi connectivity index (χ4v) is 5.24. The molecule has 0 saturated heterocycles. The zero-order valence-corrected chi connectivity index (χ0v) is 25.2. The van der Waals surface area contributed by atoms with Crippen LogP contribution in [0.2, 0.25) is 0 Å². The number of carboxylic acid groups (broad SMARTS) is 1. The van der Waals surface area contributed by atoms with E-state index >= 15 is 0 Å². The number of H-pyrrole nitrogens is 1. The number of benzene rings is 2. The summed E-state index contributed by atoms with van der Waals surface area (Å²) in [6.45, 7) is 0.422. The first-order valence-corrected chi connectivity index (χ1v) is 15.8. The summed E-state index contributed by atoms with van der Waals surface area (Å²) in [5, 5.41) is 18.7. The molecule has 3 rings (SSSR count). The Morgan fingerprint density at radius 3 is 2.19 bits per heavy atom. The monoisotopic (exact) mass is 610 g/mol. The fraction of sp³-hybridized carbons (Fsp3) is 0.419. The van der Waals surface area contributed by atoms with E-state index in [0.29, 0.717) is 25.1 Å². The molecule has 3 amide bonds. The van der Waals surface area contributed by atoms with Crippen LogP contribution in [-0.4, -0.2) is 76.5 Å². The van der Waals surface area contributed by atoms with E-state index in [0.717, 1.165) is 22.0 Å². The SMILES string of the molecule is CSCCC(NC(=O)C(Cc1c[nH]c2ccccc12)NC(=O)C(N)Cc1ccccc1)C(=O)NC(CCCCN)C(=O)O. The van der Waals surface area contributed by atoms with Crippen molar-refractivity contribution in [1.29, 1.82) is 0 Å². The Morgan fingerprint density at radius 2 is 1.49 bits per heavy atom. The number of aromatic amines is 1. The number of fused-ring (bicyclic) bond motifs is 1. The van der Waals surface area contributed by atoms with Gasteiger partial charge in [0, 0.05) is 23.5 Å². The van der Waals surface area contributed by atoms with Crippen LogP contribution in [0.1, 0.15) is 36.8 Å². The molecule has 0 aliphatic rings. The van der Waals surface area contributed by atoms with Gasteiger partial charge in [-0.25, -0.2) is 4.79 Å². The zero-order chi connectivity index (χ0) is 31.2. The van der Waals surface area contributed by atoms with Crippen molar-refractivity contribution in [2.45, 2.75) is 62.7 Å². The summed E-state index contributed by atoms with van der Waals surface area (Å²) in [6, 6.07) is 12.9. The van der Waals surface area contributed by atoms with E-state index in [2.05, 4.69) is 20.9 Å². The van der Waals surface area contributed by atoms with Crippen molar-refractivity contribution >= 4 is 46.4 Å². The molecule has 0 bridgehead atoms. The minimum Gasteiger partial charge on any atom is -0.480 e. The lowest BCUT2D eigenvalue weighted by Crippen LogP contribution is -2.57. The number of hydrogen-bond donors (Lipinski definition) is 7. The summed E-state index contributed by atoms with van der Waals surface area (Å²) >= 11 is 1.49. The summed E-state index contributed by atoms with van der Waals surface area (Å²) in [5.41, 5.74) is 14.3. The van der Waals surface area contributed by atoms with Crippen LogP contribution in [0.5, 0.6) is 0 Å². The van der Waals surface area contributed by atoms with Crippen molar-refractivity contribution in [3.63, 3.8) is 0 Å². The first-order chi connectivity index (χ1) is 20.7. The van der Waals surface area contributed by atoms with Crippen LogP contribution < -0.4 is 27.4 Å². The van der Waals surface area contributed by atoms with E-state index in [9.17, 15) is 24.3 Å². The molecule has 0 fully saturated rings. The molecule has 0 saturated carbocycles. The van der Waals surface area contributed by atoms with Crippen LogP contribution in [-0.2, 0) is 32.0 Å². The van der Waals surface area contributed by atoms with Gasteiger partial charge in [0.05, 0.1) is 6.04 Å². The van der Waals surface area contributed by atoms with Crippen LogP contribution in [0.25, 0.3) is 10.9 Å².